The molecule has 1 heterocycles. The molecule has 0 aliphatic carbocycles. The minimum atomic E-state index is 0.334. The molecule has 1 atom stereocenters. The van der Waals surface area contributed by atoms with Crippen molar-refractivity contribution in [3.05, 3.63) is 12.1 Å². The first kappa shape index (κ1) is 15.6. The molecule has 0 aliphatic rings. The maximum atomic E-state index is 5.82. The van der Waals surface area contributed by atoms with Gasteiger partial charge in [0.25, 0.3) is 0 Å². The maximum Gasteiger partial charge on any atom is 0.239 e. The predicted octanol–water partition coefficient (Wildman–Crippen LogP) is 2.06. The number of hydrogen-bond donors (Lipinski definition) is 2. The van der Waals surface area contributed by atoms with E-state index in [9.17, 15) is 0 Å². The van der Waals surface area contributed by atoms with Crippen LogP contribution in [0.1, 0.15) is 20.8 Å². The van der Waals surface area contributed by atoms with Crippen LogP contribution in [-0.4, -0.2) is 43.2 Å². The second-order valence-electron chi connectivity index (χ2n) is 5.28. The van der Waals surface area contributed by atoms with E-state index in [2.05, 4.69) is 43.1 Å². The molecule has 3 N–H and O–H groups in total. The topological polar surface area (TPSA) is 63.4 Å². The zero-order valence-corrected chi connectivity index (χ0v) is 12.6. The highest BCUT2D eigenvalue weighted by Crippen LogP contribution is 2.22. The van der Waals surface area contributed by atoms with Gasteiger partial charge >= 0.3 is 0 Å². The van der Waals surface area contributed by atoms with Crippen LogP contribution in [0.25, 0.3) is 0 Å². The van der Waals surface area contributed by atoms with Crippen molar-refractivity contribution in [3.63, 3.8) is 0 Å². The molecule has 5 heteroatoms. The molecule has 1 aromatic heterocycles. The van der Waals surface area contributed by atoms with Crippen LogP contribution in [0.2, 0.25) is 0 Å². The third-order valence-electron chi connectivity index (χ3n) is 2.87. The molecule has 0 fully saturated rings. The Kier molecular flexibility index (Phi) is 5.89. The molecule has 19 heavy (non-hydrogen) atoms. The highest BCUT2D eigenvalue weighted by Gasteiger charge is 2.15. The molecule has 0 aromatic carbocycles. The van der Waals surface area contributed by atoms with Crippen molar-refractivity contribution in [2.75, 3.05) is 38.3 Å². The third-order valence-corrected chi connectivity index (χ3v) is 2.87. The lowest BCUT2D eigenvalue weighted by atomic mass is 10.0. The smallest absolute Gasteiger partial charge is 0.239 e. The van der Waals surface area contributed by atoms with Crippen LogP contribution in [0.5, 0.6) is 5.88 Å². The summed E-state index contributed by atoms with van der Waals surface area (Å²) in [6, 6.07) is 4.05. The molecule has 0 saturated heterocycles. The summed E-state index contributed by atoms with van der Waals surface area (Å²) in [4.78, 5) is 6.58. The summed E-state index contributed by atoms with van der Waals surface area (Å²) in [5.41, 5.74) is 6.39. The van der Waals surface area contributed by atoms with Crippen molar-refractivity contribution >= 4 is 11.5 Å². The van der Waals surface area contributed by atoms with E-state index in [4.69, 9.17) is 10.5 Å². The number of nitrogen functional groups attached to an aromatic ring is 1. The van der Waals surface area contributed by atoms with Crippen LogP contribution in [-0.2, 0) is 0 Å². The van der Waals surface area contributed by atoms with Crippen molar-refractivity contribution in [1.82, 2.24) is 9.88 Å². The number of hydrogen-bond acceptors (Lipinski definition) is 5. The zero-order chi connectivity index (χ0) is 14.4. The van der Waals surface area contributed by atoms with E-state index in [-0.39, 0.29) is 0 Å². The maximum absolute atomic E-state index is 5.82. The Balaban J connectivity index is 2.81. The molecule has 1 rings (SSSR count). The summed E-state index contributed by atoms with van der Waals surface area (Å²) in [6.07, 6.45) is 0. The minimum Gasteiger partial charge on any atom is -0.476 e. The lowest BCUT2D eigenvalue weighted by molar-refractivity contribution is 0.327. The summed E-state index contributed by atoms with van der Waals surface area (Å²) in [5, 5.41) is 3.45. The SMILES string of the molecule is CCOc1nc(NC(CN(C)C)C(C)C)ccc1N. The van der Waals surface area contributed by atoms with Gasteiger partial charge in [0.2, 0.25) is 5.88 Å². The third kappa shape index (κ3) is 4.95. The normalized spacial score (nSPS) is 12.8. The Hall–Kier alpha value is -1.49. The van der Waals surface area contributed by atoms with Gasteiger partial charge in [0, 0.05) is 12.6 Å². The molecular formula is C14H26N4O. The quantitative estimate of drug-likeness (QED) is 0.791. The number of nitrogens with zero attached hydrogens (tertiary/aromatic N) is 2. The van der Waals surface area contributed by atoms with Gasteiger partial charge in [-0.25, -0.2) is 0 Å². The number of ether oxygens (including phenoxy) is 1. The van der Waals surface area contributed by atoms with Gasteiger partial charge in [-0.05, 0) is 39.1 Å². The summed E-state index contributed by atoms with van der Waals surface area (Å²) in [7, 11) is 4.14. The molecule has 0 bridgehead atoms. The summed E-state index contributed by atoms with van der Waals surface area (Å²) in [6.45, 7) is 7.83. The summed E-state index contributed by atoms with van der Waals surface area (Å²) in [5.74, 6) is 1.82. The lowest BCUT2D eigenvalue weighted by Crippen LogP contribution is -2.36. The highest BCUT2D eigenvalue weighted by molar-refractivity contribution is 5.53. The van der Waals surface area contributed by atoms with Gasteiger partial charge in [0.1, 0.15) is 5.82 Å². The van der Waals surface area contributed by atoms with Crippen LogP contribution in [0.3, 0.4) is 0 Å². The Morgan fingerprint density at radius 1 is 1.37 bits per heavy atom. The van der Waals surface area contributed by atoms with E-state index in [0.29, 0.717) is 30.1 Å². The second-order valence-corrected chi connectivity index (χ2v) is 5.28. The van der Waals surface area contributed by atoms with Crippen molar-refractivity contribution in [2.24, 2.45) is 5.92 Å². The molecule has 1 unspecified atom stereocenters. The number of likely N-dealkylation sites (N-methyl/N-ethyl adjacent to an activating group) is 1. The standard InChI is InChI=1S/C14H26N4O/c1-6-19-14-11(15)7-8-13(17-14)16-12(10(2)3)9-18(4)5/h7-8,10,12H,6,9,15H2,1-5H3,(H,16,17). The number of pyridine rings is 1. The number of nitrogens with one attached hydrogen (secondary N) is 1. The number of nitrogens with two attached hydrogens (primary N) is 1. The number of aromatic nitrogens is 1. The first-order chi connectivity index (χ1) is 8.93. The van der Waals surface area contributed by atoms with E-state index in [1.807, 2.05) is 19.1 Å². The van der Waals surface area contributed by atoms with Crippen LogP contribution in [0.4, 0.5) is 11.5 Å². The number of rotatable bonds is 7. The van der Waals surface area contributed by atoms with Gasteiger partial charge in [-0.15, -0.1) is 0 Å². The Labute approximate surface area is 116 Å². The number of anilines is 2. The molecule has 5 nitrogen and oxygen atoms in total. The van der Waals surface area contributed by atoms with E-state index >= 15 is 0 Å². The van der Waals surface area contributed by atoms with Crippen molar-refractivity contribution in [2.45, 2.75) is 26.8 Å². The average molecular weight is 266 g/mol. The molecule has 108 valence electrons. The van der Waals surface area contributed by atoms with E-state index in [0.717, 1.165) is 12.4 Å². The summed E-state index contributed by atoms with van der Waals surface area (Å²) < 4.78 is 5.41. The minimum absolute atomic E-state index is 0.334. The van der Waals surface area contributed by atoms with Crippen molar-refractivity contribution in [3.8, 4) is 5.88 Å². The Morgan fingerprint density at radius 3 is 2.58 bits per heavy atom. The Bertz CT molecular complexity index is 393. The van der Waals surface area contributed by atoms with Crippen LogP contribution < -0.4 is 15.8 Å². The van der Waals surface area contributed by atoms with Gasteiger partial charge in [0.15, 0.2) is 0 Å². The first-order valence-corrected chi connectivity index (χ1v) is 6.74. The molecular weight excluding hydrogens is 240 g/mol. The molecule has 0 radical (unpaired) electrons. The largest absolute Gasteiger partial charge is 0.476 e. The van der Waals surface area contributed by atoms with Gasteiger partial charge in [-0.2, -0.15) is 4.98 Å². The predicted molar refractivity (Wildman–Crippen MR) is 80.6 cm³/mol. The van der Waals surface area contributed by atoms with Crippen LogP contribution >= 0.6 is 0 Å². The van der Waals surface area contributed by atoms with Gasteiger partial charge in [0.05, 0.1) is 12.3 Å². The summed E-state index contributed by atoms with van der Waals surface area (Å²) >= 11 is 0. The fraction of sp³-hybridized carbons (Fsp3) is 0.643. The monoisotopic (exact) mass is 266 g/mol. The van der Waals surface area contributed by atoms with E-state index < -0.39 is 0 Å². The highest BCUT2D eigenvalue weighted by atomic mass is 16.5. The Morgan fingerprint density at radius 2 is 2.05 bits per heavy atom. The second kappa shape index (κ2) is 7.19. The fourth-order valence-corrected chi connectivity index (χ4v) is 1.79. The molecule has 0 saturated carbocycles. The van der Waals surface area contributed by atoms with Crippen LogP contribution in [0, 0.1) is 5.92 Å². The van der Waals surface area contributed by atoms with E-state index in [1.54, 1.807) is 0 Å². The van der Waals surface area contributed by atoms with Gasteiger partial charge < -0.3 is 20.7 Å². The molecule has 1 aromatic rings. The lowest BCUT2D eigenvalue weighted by Gasteiger charge is -2.26. The van der Waals surface area contributed by atoms with Crippen LogP contribution in [0.15, 0.2) is 12.1 Å². The molecule has 0 amide bonds. The van der Waals surface area contributed by atoms with E-state index in [1.165, 1.54) is 0 Å². The fourth-order valence-electron chi connectivity index (χ4n) is 1.79. The average Bonchev–Trinajstić information content (AvgIpc) is 2.32. The van der Waals surface area contributed by atoms with Gasteiger partial charge in [-0.1, -0.05) is 13.8 Å². The first-order valence-electron chi connectivity index (χ1n) is 6.74. The molecule has 0 aliphatic heterocycles. The van der Waals surface area contributed by atoms with Crippen molar-refractivity contribution in [1.29, 1.82) is 0 Å². The van der Waals surface area contributed by atoms with Crippen molar-refractivity contribution < 1.29 is 4.74 Å². The van der Waals surface area contributed by atoms with Gasteiger partial charge in [-0.3, -0.25) is 0 Å². The zero-order valence-electron chi connectivity index (χ0n) is 12.6. The molecule has 0 spiro atoms.